The Morgan fingerprint density at radius 1 is 1.07 bits per heavy atom. The number of benzene rings is 1. The van der Waals surface area contributed by atoms with E-state index in [0.29, 0.717) is 12.4 Å². The topological polar surface area (TPSA) is 77.1 Å². The summed E-state index contributed by atoms with van der Waals surface area (Å²) in [7, 11) is 0. The van der Waals surface area contributed by atoms with Gasteiger partial charge < -0.3 is 13.9 Å². The Morgan fingerprint density at radius 3 is 2.93 bits per heavy atom. The summed E-state index contributed by atoms with van der Waals surface area (Å²) in [5.41, 5.74) is 1.68. The molecule has 1 aromatic carbocycles. The van der Waals surface area contributed by atoms with Crippen molar-refractivity contribution in [1.29, 1.82) is 0 Å². The molecule has 0 spiro atoms. The third-order valence-corrected chi connectivity index (χ3v) is 5.67. The summed E-state index contributed by atoms with van der Waals surface area (Å²) in [5, 5.41) is 8.50. The van der Waals surface area contributed by atoms with Crippen molar-refractivity contribution in [3.63, 3.8) is 0 Å². The minimum absolute atomic E-state index is 0.0172. The molecule has 0 aliphatic carbocycles. The highest BCUT2D eigenvalue weighted by Crippen LogP contribution is 2.29. The van der Waals surface area contributed by atoms with Gasteiger partial charge in [-0.15, -0.1) is 10.2 Å². The number of carbonyl (C=O) groups excluding carboxylic acids is 1. The molecule has 2 aromatic heterocycles. The molecule has 5 rings (SSSR count). The van der Waals surface area contributed by atoms with Crippen molar-refractivity contribution in [2.75, 3.05) is 13.1 Å². The second-order valence-corrected chi connectivity index (χ2v) is 7.51. The summed E-state index contributed by atoms with van der Waals surface area (Å²) in [6.07, 6.45) is 6.21. The number of oxazole rings is 1. The van der Waals surface area contributed by atoms with Gasteiger partial charge in [0, 0.05) is 26.1 Å². The Hall–Kier alpha value is -2.70. The Balaban J connectivity index is 1.38. The fourth-order valence-electron chi connectivity index (χ4n) is 4.21. The van der Waals surface area contributed by atoms with E-state index in [1.54, 1.807) is 0 Å². The summed E-state index contributed by atoms with van der Waals surface area (Å²) in [6.45, 7) is 2.21. The zero-order valence-corrected chi connectivity index (χ0v) is 15.3. The lowest BCUT2D eigenvalue weighted by Gasteiger charge is -2.31. The second-order valence-electron chi connectivity index (χ2n) is 7.51. The maximum Gasteiger partial charge on any atom is 0.291 e. The van der Waals surface area contributed by atoms with E-state index in [2.05, 4.69) is 15.2 Å². The molecule has 0 radical (unpaired) electrons. The van der Waals surface area contributed by atoms with Gasteiger partial charge in [-0.2, -0.15) is 0 Å². The largest absolute Gasteiger partial charge is 0.440 e. The second kappa shape index (κ2) is 6.79. The van der Waals surface area contributed by atoms with Crippen molar-refractivity contribution in [2.45, 2.75) is 51.0 Å². The molecule has 7 nitrogen and oxygen atoms in total. The van der Waals surface area contributed by atoms with Crippen molar-refractivity contribution in [1.82, 2.24) is 24.6 Å². The molecule has 2 aliphatic heterocycles. The van der Waals surface area contributed by atoms with Crippen LogP contribution in [0.2, 0.25) is 0 Å². The van der Waals surface area contributed by atoms with E-state index in [0.717, 1.165) is 68.0 Å². The van der Waals surface area contributed by atoms with Crippen LogP contribution in [0.3, 0.4) is 0 Å². The first-order valence-corrected chi connectivity index (χ1v) is 9.86. The molecule has 0 unspecified atom stereocenters. The number of amides is 1. The molecule has 0 bridgehead atoms. The Kier molecular flexibility index (Phi) is 4.14. The van der Waals surface area contributed by atoms with Crippen LogP contribution in [0, 0.1) is 0 Å². The molecule has 0 saturated carbocycles. The lowest BCUT2D eigenvalue weighted by atomic mass is 9.98. The standard InChI is InChI=1S/C20H23N5O2/c26-20(18-23-22-17-10-2-1-5-12-25(17)18)24-11-6-7-14(13-24)19-21-15-8-3-4-9-16(15)27-19/h3-4,8-9,14H,1-2,5-7,10-13H2/t14-/m0/s1. The number of rotatable bonds is 2. The van der Waals surface area contributed by atoms with Crippen LogP contribution in [0.4, 0.5) is 0 Å². The molecule has 1 atom stereocenters. The van der Waals surface area contributed by atoms with Gasteiger partial charge in [0.25, 0.3) is 5.91 Å². The minimum Gasteiger partial charge on any atom is -0.440 e. The molecule has 4 heterocycles. The number of fused-ring (bicyclic) bond motifs is 2. The van der Waals surface area contributed by atoms with Crippen LogP contribution in [-0.2, 0) is 13.0 Å². The molecule has 2 aliphatic rings. The summed E-state index contributed by atoms with van der Waals surface area (Å²) in [6, 6.07) is 7.80. The highest BCUT2D eigenvalue weighted by molar-refractivity contribution is 5.91. The van der Waals surface area contributed by atoms with Crippen LogP contribution >= 0.6 is 0 Å². The van der Waals surface area contributed by atoms with Gasteiger partial charge in [0.1, 0.15) is 11.3 Å². The Morgan fingerprint density at radius 2 is 2.00 bits per heavy atom. The van der Waals surface area contributed by atoms with E-state index in [1.807, 2.05) is 33.7 Å². The maximum atomic E-state index is 13.1. The maximum absolute atomic E-state index is 13.1. The third-order valence-electron chi connectivity index (χ3n) is 5.67. The van der Waals surface area contributed by atoms with E-state index in [4.69, 9.17) is 4.42 Å². The van der Waals surface area contributed by atoms with E-state index < -0.39 is 0 Å². The molecular weight excluding hydrogens is 342 g/mol. The lowest BCUT2D eigenvalue weighted by molar-refractivity contribution is 0.0680. The first-order chi connectivity index (χ1) is 13.3. The monoisotopic (exact) mass is 365 g/mol. The Bertz CT molecular complexity index is 943. The number of hydrogen-bond acceptors (Lipinski definition) is 5. The molecule has 27 heavy (non-hydrogen) atoms. The number of hydrogen-bond donors (Lipinski definition) is 0. The Labute approximate surface area is 157 Å². The molecule has 140 valence electrons. The van der Waals surface area contributed by atoms with Gasteiger partial charge in [-0.05, 0) is 37.8 Å². The molecule has 3 aromatic rings. The predicted octanol–water partition coefficient (Wildman–Crippen LogP) is 3.17. The fraction of sp³-hybridized carbons (Fsp3) is 0.500. The van der Waals surface area contributed by atoms with Gasteiger partial charge in [0.15, 0.2) is 11.5 Å². The van der Waals surface area contributed by atoms with Crippen LogP contribution in [-0.4, -0.2) is 43.6 Å². The summed E-state index contributed by atoms with van der Waals surface area (Å²) >= 11 is 0. The highest BCUT2D eigenvalue weighted by atomic mass is 16.3. The molecule has 7 heteroatoms. The average molecular weight is 365 g/mol. The average Bonchev–Trinajstić information content (AvgIpc) is 3.25. The van der Waals surface area contributed by atoms with Gasteiger partial charge in [-0.1, -0.05) is 18.6 Å². The number of para-hydroxylation sites is 2. The molecule has 0 N–H and O–H groups in total. The van der Waals surface area contributed by atoms with Crippen molar-refractivity contribution in [2.24, 2.45) is 0 Å². The number of piperidine rings is 1. The normalized spacial score (nSPS) is 20.4. The van der Waals surface area contributed by atoms with E-state index in [9.17, 15) is 4.79 Å². The zero-order chi connectivity index (χ0) is 18.2. The smallest absolute Gasteiger partial charge is 0.291 e. The van der Waals surface area contributed by atoms with Crippen LogP contribution in [0.25, 0.3) is 11.1 Å². The van der Waals surface area contributed by atoms with E-state index >= 15 is 0 Å². The lowest BCUT2D eigenvalue weighted by Crippen LogP contribution is -2.40. The SMILES string of the molecule is O=C(c1nnc2n1CCCCC2)N1CCC[C@H](c2nc3ccccc3o2)C1. The number of nitrogens with zero attached hydrogens (tertiary/aromatic N) is 5. The predicted molar refractivity (Wildman–Crippen MR) is 99.5 cm³/mol. The number of aryl methyl sites for hydroxylation is 1. The molecular formula is C20H23N5O2. The van der Waals surface area contributed by atoms with Crippen LogP contribution in [0.1, 0.15) is 60.4 Å². The van der Waals surface area contributed by atoms with Crippen LogP contribution in [0.15, 0.2) is 28.7 Å². The van der Waals surface area contributed by atoms with Gasteiger partial charge >= 0.3 is 0 Å². The molecule has 1 fully saturated rings. The van der Waals surface area contributed by atoms with Crippen molar-refractivity contribution in [3.05, 3.63) is 41.8 Å². The third kappa shape index (κ3) is 3.01. The first kappa shape index (κ1) is 16.5. The minimum atomic E-state index is -0.0172. The van der Waals surface area contributed by atoms with Gasteiger partial charge in [0.2, 0.25) is 5.82 Å². The number of carbonyl (C=O) groups is 1. The summed E-state index contributed by atoms with van der Waals surface area (Å²) < 4.78 is 7.98. The van der Waals surface area contributed by atoms with Gasteiger partial charge in [-0.3, -0.25) is 4.79 Å². The fourth-order valence-corrected chi connectivity index (χ4v) is 4.21. The summed E-state index contributed by atoms with van der Waals surface area (Å²) in [5.74, 6) is 2.28. The number of aromatic nitrogens is 4. The highest BCUT2D eigenvalue weighted by Gasteiger charge is 2.31. The first-order valence-electron chi connectivity index (χ1n) is 9.86. The van der Waals surface area contributed by atoms with Crippen LogP contribution < -0.4 is 0 Å². The molecule has 1 amide bonds. The van der Waals surface area contributed by atoms with E-state index in [1.165, 1.54) is 6.42 Å². The van der Waals surface area contributed by atoms with E-state index in [-0.39, 0.29) is 11.8 Å². The zero-order valence-electron chi connectivity index (χ0n) is 15.3. The summed E-state index contributed by atoms with van der Waals surface area (Å²) in [4.78, 5) is 19.7. The number of likely N-dealkylation sites (tertiary alicyclic amines) is 1. The van der Waals surface area contributed by atoms with Gasteiger partial charge in [0.05, 0.1) is 5.92 Å². The van der Waals surface area contributed by atoms with Crippen LogP contribution in [0.5, 0.6) is 0 Å². The van der Waals surface area contributed by atoms with Crippen molar-refractivity contribution < 1.29 is 9.21 Å². The van der Waals surface area contributed by atoms with Gasteiger partial charge in [-0.25, -0.2) is 4.98 Å². The van der Waals surface area contributed by atoms with Crippen molar-refractivity contribution in [3.8, 4) is 0 Å². The molecule has 1 saturated heterocycles. The quantitative estimate of drug-likeness (QED) is 0.697. The van der Waals surface area contributed by atoms with Crippen molar-refractivity contribution >= 4 is 17.0 Å².